The molecule has 5 nitrogen and oxygen atoms in total. The van der Waals surface area contributed by atoms with Crippen molar-refractivity contribution in [1.82, 2.24) is 20.3 Å². The summed E-state index contributed by atoms with van der Waals surface area (Å²) in [7, 11) is 0. The maximum Gasteiger partial charge on any atom is 0.230 e. The van der Waals surface area contributed by atoms with Crippen LogP contribution in [-0.2, 0) is 11.3 Å². The number of fused-ring (bicyclic) bond motifs is 3. The second kappa shape index (κ2) is 7.66. The van der Waals surface area contributed by atoms with E-state index in [4.69, 9.17) is 0 Å². The zero-order chi connectivity index (χ0) is 18.8. The van der Waals surface area contributed by atoms with Crippen LogP contribution < -0.4 is 5.32 Å². The highest BCUT2D eigenvalue weighted by molar-refractivity contribution is 9.10. The first-order chi connectivity index (χ1) is 13.1. The van der Waals surface area contributed by atoms with Crippen molar-refractivity contribution in [2.24, 2.45) is 0 Å². The lowest BCUT2D eigenvalue weighted by molar-refractivity contribution is -0.118. The third-order valence-corrected chi connectivity index (χ3v) is 5.85. The topological polar surface area (TPSA) is 70.7 Å². The minimum Gasteiger partial charge on any atom is -0.351 e. The molecule has 0 aliphatic rings. The van der Waals surface area contributed by atoms with Gasteiger partial charge in [-0.3, -0.25) is 4.79 Å². The summed E-state index contributed by atoms with van der Waals surface area (Å²) in [5.74, 6) is -0.187. The summed E-state index contributed by atoms with van der Waals surface area (Å²) in [5.41, 5.74) is 3.15. The van der Waals surface area contributed by atoms with Crippen LogP contribution >= 0.6 is 27.7 Å². The molecule has 0 saturated carbocycles. The number of carbonyl (C=O) groups is 1. The summed E-state index contributed by atoms with van der Waals surface area (Å²) >= 11 is 4.78. The minimum atomic E-state index is -0.317. The molecule has 0 bridgehead atoms. The molecule has 0 unspecified atom stereocenters. The largest absolute Gasteiger partial charge is 0.351 e. The van der Waals surface area contributed by atoms with E-state index in [9.17, 15) is 9.18 Å². The molecule has 1 amide bonds. The minimum absolute atomic E-state index is 0.0929. The van der Waals surface area contributed by atoms with E-state index in [2.05, 4.69) is 36.2 Å². The molecule has 4 rings (SSSR count). The Bertz CT molecular complexity index is 1150. The smallest absolute Gasteiger partial charge is 0.230 e. The maximum absolute atomic E-state index is 13.5. The predicted octanol–water partition coefficient (Wildman–Crippen LogP) is 4.42. The van der Waals surface area contributed by atoms with E-state index in [0.29, 0.717) is 28.0 Å². The Morgan fingerprint density at radius 3 is 2.93 bits per heavy atom. The molecule has 0 atom stereocenters. The van der Waals surface area contributed by atoms with Gasteiger partial charge >= 0.3 is 0 Å². The van der Waals surface area contributed by atoms with Crippen LogP contribution in [0.25, 0.3) is 21.9 Å². The molecule has 0 radical (unpaired) electrons. The van der Waals surface area contributed by atoms with Crippen molar-refractivity contribution < 1.29 is 9.18 Å². The number of carbonyl (C=O) groups excluding carboxylic acids is 1. The molecule has 8 heteroatoms. The van der Waals surface area contributed by atoms with E-state index in [0.717, 1.165) is 15.6 Å². The second-order valence-corrected chi connectivity index (χ2v) is 7.69. The van der Waals surface area contributed by atoms with Gasteiger partial charge in [0, 0.05) is 21.9 Å². The van der Waals surface area contributed by atoms with Gasteiger partial charge in [0.05, 0.1) is 11.3 Å². The van der Waals surface area contributed by atoms with Crippen LogP contribution in [0.2, 0.25) is 0 Å². The van der Waals surface area contributed by atoms with Gasteiger partial charge in [0.25, 0.3) is 0 Å². The molecule has 0 saturated heterocycles. The molecule has 0 fully saturated rings. The van der Waals surface area contributed by atoms with E-state index in [1.165, 1.54) is 30.2 Å². The van der Waals surface area contributed by atoms with Crippen LogP contribution in [0.15, 0.2) is 58.3 Å². The maximum atomic E-state index is 13.5. The van der Waals surface area contributed by atoms with E-state index < -0.39 is 0 Å². The molecule has 136 valence electrons. The van der Waals surface area contributed by atoms with Crippen LogP contribution in [0.4, 0.5) is 4.39 Å². The van der Waals surface area contributed by atoms with Crippen LogP contribution in [0.5, 0.6) is 0 Å². The van der Waals surface area contributed by atoms with E-state index >= 15 is 0 Å². The standard InChI is InChI=1S/C19H14BrFN4OS/c20-14-4-2-1-3-11(14)8-22-16(26)9-27-19-18-17(23-10-24-19)13-7-12(21)5-6-15(13)25-18/h1-7,10,25H,8-9H2,(H,22,26). The number of H-pyrrole nitrogens is 1. The summed E-state index contributed by atoms with van der Waals surface area (Å²) in [6.07, 6.45) is 1.43. The molecule has 2 aromatic heterocycles. The van der Waals surface area contributed by atoms with E-state index in [1.807, 2.05) is 24.3 Å². The van der Waals surface area contributed by atoms with Crippen molar-refractivity contribution in [2.45, 2.75) is 11.6 Å². The summed E-state index contributed by atoms with van der Waals surface area (Å²) < 4.78 is 14.5. The first-order valence-corrected chi connectivity index (χ1v) is 9.94. The number of benzene rings is 2. The van der Waals surface area contributed by atoms with Crippen molar-refractivity contribution in [1.29, 1.82) is 0 Å². The van der Waals surface area contributed by atoms with Crippen molar-refractivity contribution in [3.63, 3.8) is 0 Å². The molecule has 27 heavy (non-hydrogen) atoms. The van der Waals surface area contributed by atoms with Crippen molar-refractivity contribution in [2.75, 3.05) is 5.75 Å². The van der Waals surface area contributed by atoms with Gasteiger partial charge < -0.3 is 10.3 Å². The van der Waals surface area contributed by atoms with Gasteiger partial charge in [-0.1, -0.05) is 45.9 Å². The number of hydrogen-bond acceptors (Lipinski definition) is 4. The lowest BCUT2D eigenvalue weighted by atomic mass is 10.2. The summed E-state index contributed by atoms with van der Waals surface area (Å²) in [5, 5.41) is 4.26. The first-order valence-electron chi connectivity index (χ1n) is 8.16. The number of hydrogen-bond donors (Lipinski definition) is 2. The Morgan fingerprint density at radius 1 is 1.22 bits per heavy atom. The number of aromatic nitrogens is 3. The van der Waals surface area contributed by atoms with Gasteiger partial charge in [-0.05, 0) is 29.8 Å². The third kappa shape index (κ3) is 3.81. The first kappa shape index (κ1) is 17.9. The molecule has 0 spiro atoms. The lowest BCUT2D eigenvalue weighted by Gasteiger charge is -2.07. The zero-order valence-corrected chi connectivity index (χ0v) is 16.4. The highest BCUT2D eigenvalue weighted by Crippen LogP contribution is 2.30. The summed E-state index contributed by atoms with van der Waals surface area (Å²) in [6.45, 7) is 0.450. The number of amides is 1. The SMILES string of the molecule is O=C(CSc1ncnc2c1[nH]c1ccc(F)cc12)NCc1ccccc1Br. The van der Waals surface area contributed by atoms with Crippen molar-refractivity contribution in [3.8, 4) is 0 Å². The van der Waals surface area contributed by atoms with Gasteiger partial charge in [-0.2, -0.15) is 0 Å². The fraction of sp³-hybridized carbons (Fsp3) is 0.105. The summed E-state index contributed by atoms with van der Waals surface area (Å²) in [6, 6.07) is 12.3. The van der Waals surface area contributed by atoms with Crippen LogP contribution in [0.3, 0.4) is 0 Å². The van der Waals surface area contributed by atoms with Gasteiger partial charge in [-0.15, -0.1) is 0 Å². The van der Waals surface area contributed by atoms with Crippen LogP contribution in [0, 0.1) is 5.82 Å². The van der Waals surface area contributed by atoms with Gasteiger partial charge in [0.15, 0.2) is 0 Å². The van der Waals surface area contributed by atoms with Gasteiger partial charge in [0.2, 0.25) is 5.91 Å². The molecule has 2 N–H and O–H groups in total. The lowest BCUT2D eigenvalue weighted by Crippen LogP contribution is -2.24. The number of thioether (sulfide) groups is 1. The van der Waals surface area contributed by atoms with Gasteiger partial charge in [-0.25, -0.2) is 14.4 Å². The second-order valence-electron chi connectivity index (χ2n) is 5.87. The van der Waals surface area contributed by atoms with E-state index in [-0.39, 0.29) is 17.5 Å². The molecule has 0 aliphatic heterocycles. The average molecular weight is 445 g/mol. The molecule has 2 heterocycles. The monoisotopic (exact) mass is 444 g/mol. The number of aromatic amines is 1. The molecular weight excluding hydrogens is 431 g/mol. The van der Waals surface area contributed by atoms with Crippen LogP contribution in [-0.4, -0.2) is 26.6 Å². The fourth-order valence-electron chi connectivity index (χ4n) is 2.77. The molecular formula is C19H14BrFN4OS. The zero-order valence-electron chi connectivity index (χ0n) is 14.0. The Hall–Kier alpha value is -2.45. The Labute approximate surface area is 166 Å². The Kier molecular flexibility index (Phi) is 5.09. The highest BCUT2D eigenvalue weighted by atomic mass is 79.9. The number of nitrogens with one attached hydrogen (secondary N) is 2. The third-order valence-electron chi connectivity index (χ3n) is 4.08. The number of halogens is 2. The van der Waals surface area contributed by atoms with Crippen molar-refractivity contribution >= 4 is 55.5 Å². The van der Waals surface area contributed by atoms with Crippen LogP contribution in [0.1, 0.15) is 5.56 Å². The molecule has 0 aliphatic carbocycles. The average Bonchev–Trinajstić information content (AvgIpc) is 3.04. The molecule has 4 aromatic rings. The van der Waals surface area contributed by atoms with E-state index in [1.54, 1.807) is 6.07 Å². The van der Waals surface area contributed by atoms with Gasteiger partial charge in [0.1, 0.15) is 22.7 Å². The fourth-order valence-corrected chi connectivity index (χ4v) is 3.98. The van der Waals surface area contributed by atoms with Crippen molar-refractivity contribution in [3.05, 3.63) is 64.6 Å². The molecule has 2 aromatic carbocycles. The predicted molar refractivity (Wildman–Crippen MR) is 108 cm³/mol. The number of rotatable bonds is 5. The normalized spacial score (nSPS) is 11.2. The quantitative estimate of drug-likeness (QED) is 0.353. The summed E-state index contributed by atoms with van der Waals surface area (Å²) in [4.78, 5) is 23.9. The number of nitrogens with zero attached hydrogens (tertiary/aromatic N) is 2. The Balaban J connectivity index is 1.48. The highest BCUT2D eigenvalue weighted by Gasteiger charge is 2.13. The Morgan fingerprint density at radius 2 is 2.07 bits per heavy atom.